The summed E-state index contributed by atoms with van der Waals surface area (Å²) in [7, 11) is 4.28. The highest BCUT2D eigenvalue weighted by Crippen LogP contribution is 2.29. The number of anilines is 2. The van der Waals surface area contributed by atoms with Gasteiger partial charge in [0.15, 0.2) is 0 Å². The molecule has 0 amide bonds. The molecule has 0 spiro atoms. The average molecular weight is 254 g/mol. The lowest BCUT2D eigenvalue weighted by atomic mass is 10.0. The Morgan fingerprint density at radius 2 is 2.00 bits per heavy atom. The molecule has 0 aromatic heterocycles. The minimum atomic E-state index is 0.562. The Morgan fingerprint density at radius 1 is 1.35 bits per heavy atom. The predicted molar refractivity (Wildman–Crippen MR) is 74.8 cm³/mol. The maximum Gasteiger partial charge on any atom is 0.0614 e. The van der Waals surface area contributed by atoms with E-state index in [1.54, 1.807) is 0 Å². The van der Waals surface area contributed by atoms with Crippen molar-refractivity contribution in [2.75, 3.05) is 37.8 Å². The van der Waals surface area contributed by atoms with Crippen LogP contribution in [0.15, 0.2) is 18.2 Å². The van der Waals surface area contributed by atoms with Gasteiger partial charge in [0.2, 0.25) is 0 Å². The zero-order valence-corrected chi connectivity index (χ0v) is 11.2. The van der Waals surface area contributed by atoms with Crippen LogP contribution in [0, 0.1) is 0 Å². The van der Waals surface area contributed by atoms with Gasteiger partial charge in [0.25, 0.3) is 0 Å². The van der Waals surface area contributed by atoms with Crippen LogP contribution in [-0.4, -0.2) is 38.1 Å². The smallest absolute Gasteiger partial charge is 0.0614 e. The molecule has 0 radical (unpaired) electrons. The van der Waals surface area contributed by atoms with E-state index >= 15 is 0 Å². The molecule has 0 aliphatic carbocycles. The molecule has 2 rings (SSSR count). The number of hydrogen-bond acceptors (Lipinski definition) is 3. The highest BCUT2D eigenvalue weighted by molar-refractivity contribution is 6.31. The van der Waals surface area contributed by atoms with E-state index in [1.807, 2.05) is 18.2 Å². The van der Waals surface area contributed by atoms with Gasteiger partial charge < -0.3 is 15.5 Å². The SMILES string of the molecule is CN1CCC(N(C)c2cc(Cl)ccc2N)CC1. The zero-order valence-electron chi connectivity index (χ0n) is 10.5. The van der Waals surface area contributed by atoms with E-state index in [0.29, 0.717) is 6.04 Å². The second kappa shape index (κ2) is 5.15. The number of nitrogens with zero attached hydrogens (tertiary/aromatic N) is 2. The van der Waals surface area contributed by atoms with Crippen molar-refractivity contribution < 1.29 is 0 Å². The van der Waals surface area contributed by atoms with Gasteiger partial charge in [0.05, 0.1) is 11.4 Å². The molecule has 1 fully saturated rings. The van der Waals surface area contributed by atoms with Gasteiger partial charge >= 0.3 is 0 Å². The van der Waals surface area contributed by atoms with E-state index in [0.717, 1.165) is 29.5 Å². The average Bonchev–Trinajstić information content (AvgIpc) is 2.32. The molecule has 3 nitrogen and oxygen atoms in total. The molecule has 17 heavy (non-hydrogen) atoms. The minimum Gasteiger partial charge on any atom is -0.397 e. The Morgan fingerprint density at radius 3 is 2.65 bits per heavy atom. The molecular weight excluding hydrogens is 234 g/mol. The first-order valence-corrected chi connectivity index (χ1v) is 6.42. The van der Waals surface area contributed by atoms with Crippen LogP contribution in [0.25, 0.3) is 0 Å². The molecule has 1 aromatic rings. The van der Waals surface area contributed by atoms with Crippen molar-refractivity contribution in [3.05, 3.63) is 23.2 Å². The molecule has 1 heterocycles. The van der Waals surface area contributed by atoms with Crippen LogP contribution in [-0.2, 0) is 0 Å². The summed E-state index contributed by atoms with van der Waals surface area (Å²) in [4.78, 5) is 4.64. The number of rotatable bonds is 2. The van der Waals surface area contributed by atoms with Crippen molar-refractivity contribution in [3.63, 3.8) is 0 Å². The molecule has 94 valence electrons. The Balaban J connectivity index is 2.13. The summed E-state index contributed by atoms with van der Waals surface area (Å²) in [6.07, 6.45) is 2.36. The molecule has 1 saturated heterocycles. The van der Waals surface area contributed by atoms with Crippen molar-refractivity contribution in [2.24, 2.45) is 0 Å². The first kappa shape index (κ1) is 12.5. The van der Waals surface area contributed by atoms with Gasteiger partial charge in [0, 0.05) is 18.1 Å². The van der Waals surface area contributed by atoms with Gasteiger partial charge in [-0.1, -0.05) is 11.6 Å². The summed E-state index contributed by atoms with van der Waals surface area (Å²) in [5.41, 5.74) is 7.86. The molecule has 1 aliphatic heterocycles. The number of nitrogen functional groups attached to an aromatic ring is 1. The fraction of sp³-hybridized carbons (Fsp3) is 0.538. The minimum absolute atomic E-state index is 0.562. The van der Waals surface area contributed by atoms with Crippen molar-refractivity contribution in [1.29, 1.82) is 0 Å². The number of likely N-dealkylation sites (tertiary alicyclic amines) is 1. The van der Waals surface area contributed by atoms with Gasteiger partial charge in [0.1, 0.15) is 0 Å². The molecular formula is C13H20ClN3. The van der Waals surface area contributed by atoms with E-state index in [2.05, 4.69) is 23.9 Å². The Bertz CT molecular complexity index is 386. The van der Waals surface area contributed by atoms with Gasteiger partial charge in [-0.25, -0.2) is 0 Å². The Hall–Kier alpha value is -0.930. The molecule has 0 saturated carbocycles. The summed E-state index contributed by atoms with van der Waals surface area (Å²) < 4.78 is 0. The lowest BCUT2D eigenvalue weighted by Crippen LogP contribution is -2.42. The summed E-state index contributed by atoms with van der Waals surface area (Å²) in [6.45, 7) is 2.30. The van der Waals surface area contributed by atoms with E-state index in [1.165, 1.54) is 12.8 Å². The molecule has 4 heteroatoms. The largest absolute Gasteiger partial charge is 0.397 e. The van der Waals surface area contributed by atoms with Gasteiger partial charge in [-0.2, -0.15) is 0 Å². The van der Waals surface area contributed by atoms with Crippen molar-refractivity contribution >= 4 is 23.0 Å². The molecule has 1 aromatic carbocycles. The number of hydrogen-bond donors (Lipinski definition) is 1. The fourth-order valence-electron chi connectivity index (χ4n) is 2.40. The van der Waals surface area contributed by atoms with Crippen LogP contribution in [0.2, 0.25) is 5.02 Å². The van der Waals surface area contributed by atoms with Crippen LogP contribution in [0.3, 0.4) is 0 Å². The van der Waals surface area contributed by atoms with Crippen LogP contribution >= 0.6 is 11.6 Å². The lowest BCUT2D eigenvalue weighted by Gasteiger charge is -2.36. The van der Waals surface area contributed by atoms with Gasteiger partial charge in [-0.15, -0.1) is 0 Å². The fourth-order valence-corrected chi connectivity index (χ4v) is 2.57. The lowest BCUT2D eigenvalue weighted by molar-refractivity contribution is 0.253. The molecule has 0 atom stereocenters. The third kappa shape index (κ3) is 2.85. The summed E-state index contributed by atoms with van der Waals surface area (Å²) in [5, 5.41) is 0.744. The quantitative estimate of drug-likeness (QED) is 0.822. The van der Waals surface area contributed by atoms with E-state index in [4.69, 9.17) is 17.3 Å². The van der Waals surface area contributed by atoms with E-state index < -0.39 is 0 Å². The van der Waals surface area contributed by atoms with Crippen LogP contribution < -0.4 is 10.6 Å². The van der Waals surface area contributed by atoms with Gasteiger partial charge in [-0.05, 0) is 51.2 Å². The highest BCUT2D eigenvalue weighted by Gasteiger charge is 2.21. The maximum absolute atomic E-state index is 6.03. The molecule has 2 N–H and O–H groups in total. The number of benzene rings is 1. The zero-order chi connectivity index (χ0) is 12.4. The Kier molecular flexibility index (Phi) is 3.79. The summed E-state index contributed by atoms with van der Waals surface area (Å²) >= 11 is 6.03. The number of piperidine rings is 1. The van der Waals surface area contributed by atoms with Crippen molar-refractivity contribution in [2.45, 2.75) is 18.9 Å². The monoisotopic (exact) mass is 253 g/mol. The van der Waals surface area contributed by atoms with E-state index in [9.17, 15) is 0 Å². The second-order valence-electron chi connectivity index (χ2n) is 4.85. The summed E-state index contributed by atoms with van der Waals surface area (Å²) in [5.74, 6) is 0. The normalized spacial score (nSPS) is 18.3. The Labute approximate surface area is 108 Å². The third-order valence-corrected chi connectivity index (χ3v) is 3.84. The first-order valence-electron chi connectivity index (χ1n) is 6.04. The first-order chi connectivity index (χ1) is 8.08. The predicted octanol–water partition coefficient (Wildman–Crippen LogP) is 2.45. The van der Waals surface area contributed by atoms with Crippen LogP contribution in [0.4, 0.5) is 11.4 Å². The summed E-state index contributed by atoms with van der Waals surface area (Å²) in [6, 6.07) is 6.23. The molecule has 1 aliphatic rings. The van der Waals surface area contributed by atoms with Crippen molar-refractivity contribution in [3.8, 4) is 0 Å². The topological polar surface area (TPSA) is 32.5 Å². The third-order valence-electron chi connectivity index (χ3n) is 3.61. The standard InChI is InChI=1S/C13H20ClN3/c1-16-7-5-11(6-8-16)17(2)13-9-10(14)3-4-12(13)15/h3-4,9,11H,5-8,15H2,1-2H3. The van der Waals surface area contributed by atoms with Gasteiger partial charge in [-0.3, -0.25) is 0 Å². The van der Waals surface area contributed by atoms with Crippen molar-refractivity contribution in [1.82, 2.24) is 4.90 Å². The van der Waals surface area contributed by atoms with Crippen LogP contribution in [0.1, 0.15) is 12.8 Å². The molecule has 0 unspecified atom stereocenters. The number of nitrogens with two attached hydrogens (primary N) is 1. The molecule has 0 bridgehead atoms. The maximum atomic E-state index is 6.03. The highest BCUT2D eigenvalue weighted by atomic mass is 35.5. The van der Waals surface area contributed by atoms with Crippen LogP contribution in [0.5, 0.6) is 0 Å². The van der Waals surface area contributed by atoms with E-state index in [-0.39, 0.29) is 0 Å². The second-order valence-corrected chi connectivity index (χ2v) is 5.28. The number of halogens is 1.